The highest BCUT2D eigenvalue weighted by molar-refractivity contribution is 6.02. The normalized spacial score (nSPS) is 15.3. The third kappa shape index (κ3) is 9.89. The molecule has 10 aromatic heterocycles. The van der Waals surface area contributed by atoms with Crippen molar-refractivity contribution in [2.45, 2.75) is 18.9 Å². The number of H-pyrrole nitrogens is 3. The summed E-state index contributed by atoms with van der Waals surface area (Å²) in [6.07, 6.45) is 9.57. The Labute approximate surface area is 467 Å². The van der Waals surface area contributed by atoms with Crippen LogP contribution in [-0.2, 0) is 0 Å². The van der Waals surface area contributed by atoms with Crippen LogP contribution in [0.3, 0.4) is 0 Å². The third-order valence-corrected chi connectivity index (χ3v) is 15.4. The Morgan fingerprint density at radius 2 is 1.02 bits per heavy atom. The first-order chi connectivity index (χ1) is 40.1. The monoisotopic (exact) mass is 1100 g/mol. The van der Waals surface area contributed by atoms with Gasteiger partial charge in [-0.3, -0.25) is 49.6 Å². The Morgan fingerprint density at radius 3 is 1.61 bits per heavy atom. The van der Waals surface area contributed by atoms with Crippen LogP contribution in [0, 0.1) is 0 Å². The number of piperazine rings is 2. The molecule has 0 bridgehead atoms. The highest BCUT2D eigenvalue weighted by atomic mass is 16.5. The lowest BCUT2D eigenvalue weighted by atomic mass is 10.1. The number of nitrogens with zero attached hydrogens (tertiary/aromatic N) is 14. The van der Waals surface area contributed by atoms with Gasteiger partial charge in [-0.15, -0.1) is 0 Å². The first kappa shape index (κ1) is 51.6. The average Bonchev–Trinajstić information content (AvgIpc) is 4.37. The molecule has 15 rings (SSSR count). The number of para-hydroxylation sites is 1. The molecular formula is C59H58N18O5. The van der Waals surface area contributed by atoms with Crippen molar-refractivity contribution in [2.24, 2.45) is 0 Å². The number of methoxy groups -OCH3 is 1. The molecular weight excluding hydrogens is 1040 g/mol. The quantitative estimate of drug-likeness (QED) is 0.135. The second-order valence-electron chi connectivity index (χ2n) is 20.5. The van der Waals surface area contributed by atoms with Crippen molar-refractivity contribution in [3.63, 3.8) is 0 Å². The van der Waals surface area contributed by atoms with E-state index in [-0.39, 0.29) is 22.8 Å². The fourth-order valence-corrected chi connectivity index (χ4v) is 10.7. The molecule has 3 fully saturated rings. The van der Waals surface area contributed by atoms with E-state index in [4.69, 9.17) is 14.7 Å². The Balaban J connectivity index is 0.000000116. The number of hydrogen-bond donors (Lipinski definition) is 5. The van der Waals surface area contributed by atoms with Gasteiger partial charge in [0.05, 0.1) is 85.7 Å². The summed E-state index contributed by atoms with van der Waals surface area (Å²) in [6, 6.07) is 32.1. The van der Waals surface area contributed by atoms with Crippen molar-refractivity contribution >= 4 is 83.1 Å². The van der Waals surface area contributed by atoms with Crippen LogP contribution in [0.15, 0.2) is 148 Å². The van der Waals surface area contributed by atoms with Crippen molar-refractivity contribution in [3.8, 4) is 22.9 Å². The molecule has 3 aliphatic rings. The van der Waals surface area contributed by atoms with Crippen LogP contribution in [0.25, 0.3) is 83.0 Å². The smallest absolute Gasteiger partial charge is 0.282 e. The Morgan fingerprint density at radius 1 is 0.488 bits per heavy atom. The zero-order valence-corrected chi connectivity index (χ0v) is 45.1. The lowest BCUT2D eigenvalue weighted by Crippen LogP contribution is -2.44. The van der Waals surface area contributed by atoms with Crippen LogP contribution < -0.4 is 41.4 Å². The number of aromatic amines is 3. The van der Waals surface area contributed by atoms with Gasteiger partial charge in [0.25, 0.3) is 16.7 Å². The van der Waals surface area contributed by atoms with E-state index < -0.39 is 0 Å². The summed E-state index contributed by atoms with van der Waals surface area (Å²) in [5.74, 6) is 3.00. The molecule has 0 atom stereocenters. The van der Waals surface area contributed by atoms with Crippen molar-refractivity contribution in [2.75, 3.05) is 94.3 Å². The lowest BCUT2D eigenvalue weighted by Gasteiger charge is -2.33. The van der Waals surface area contributed by atoms with E-state index in [1.54, 1.807) is 44.0 Å². The fourth-order valence-electron chi connectivity index (χ4n) is 10.7. The number of pyridine rings is 7. The molecule has 3 saturated heterocycles. The molecule has 0 amide bonds. The molecule has 0 radical (unpaired) electrons. The van der Waals surface area contributed by atoms with Gasteiger partial charge in [-0.05, 0) is 98.8 Å². The number of rotatable bonds is 7. The predicted molar refractivity (Wildman–Crippen MR) is 318 cm³/mol. The number of anilines is 3. The first-order valence-electron chi connectivity index (χ1n) is 27.3. The van der Waals surface area contributed by atoms with Gasteiger partial charge in [0, 0.05) is 90.2 Å². The highest BCUT2D eigenvalue weighted by Crippen LogP contribution is 2.28. The van der Waals surface area contributed by atoms with Gasteiger partial charge >= 0.3 is 0 Å². The number of aromatic nitrogens is 13. The van der Waals surface area contributed by atoms with Gasteiger partial charge < -0.3 is 34.8 Å². The summed E-state index contributed by atoms with van der Waals surface area (Å²) in [5, 5.41) is 24.2. The fraction of sp³-hybridized carbons (Fsp3) is 0.254. The van der Waals surface area contributed by atoms with Crippen molar-refractivity contribution in [1.82, 2.24) is 74.4 Å². The number of fused-ring (bicyclic) bond motifs is 9. The molecule has 2 aromatic carbocycles. The highest BCUT2D eigenvalue weighted by Gasteiger charge is 2.22. The minimum atomic E-state index is -0.237. The molecule has 0 aliphatic carbocycles. The first-order valence-corrected chi connectivity index (χ1v) is 27.3. The van der Waals surface area contributed by atoms with Gasteiger partial charge in [-0.2, -0.15) is 0 Å². The average molecular weight is 1100 g/mol. The number of nitrogens with one attached hydrogen (secondary N) is 4. The molecule has 0 spiro atoms. The number of aliphatic hydroxyl groups excluding tert-OH is 1. The van der Waals surface area contributed by atoms with Crippen molar-refractivity contribution in [3.05, 3.63) is 165 Å². The standard InChI is InChI=1S/C21H22N6O2.C19H18N6O2.C19H18N6O/c1-25-9-11-26(12-10-25)18-8-7-17-20(23-18)19-16(13-22-17)21(28)27(24-19)14-3-5-15(29-2)6-4-14;26-12-6-9-24(10-7-12)16-5-4-14-18(22-16)17-13(11-21-14)19(27)25(23-17)15-3-1-2-8-20-15;26-19-15-12-21-16-10-14(24-8-6-20-7-9-24)11-22-18(16)17(15)23-25(19)13-4-2-1-3-5-13/h3-8,13,24H,9-12H2,1-2H3;1-5,8,11-12,23,26H,6-7,9-10H2;1-5,10-12,20,23H,6-9H2. The van der Waals surface area contributed by atoms with Gasteiger partial charge in [0.2, 0.25) is 0 Å². The van der Waals surface area contributed by atoms with Crippen LogP contribution in [-0.4, -0.2) is 160 Å². The molecule has 82 heavy (non-hydrogen) atoms. The molecule has 414 valence electrons. The van der Waals surface area contributed by atoms with Crippen molar-refractivity contribution in [1.29, 1.82) is 0 Å². The van der Waals surface area contributed by atoms with Gasteiger partial charge in [-0.1, -0.05) is 24.3 Å². The van der Waals surface area contributed by atoms with E-state index in [0.717, 1.165) is 135 Å². The molecule has 13 heterocycles. The van der Waals surface area contributed by atoms with Crippen LogP contribution in [0.2, 0.25) is 0 Å². The molecule has 0 unspecified atom stereocenters. The number of likely N-dealkylation sites (N-methyl/N-ethyl adjacent to an activating group) is 1. The van der Waals surface area contributed by atoms with E-state index in [1.165, 1.54) is 14.0 Å². The van der Waals surface area contributed by atoms with Crippen LogP contribution in [0.4, 0.5) is 17.3 Å². The third-order valence-electron chi connectivity index (χ3n) is 15.4. The maximum absolute atomic E-state index is 13.0. The summed E-state index contributed by atoms with van der Waals surface area (Å²) < 4.78 is 9.68. The zero-order valence-electron chi connectivity index (χ0n) is 45.1. The molecule has 12 aromatic rings. The van der Waals surface area contributed by atoms with E-state index >= 15 is 0 Å². The minimum absolute atomic E-state index is 0.117. The largest absolute Gasteiger partial charge is 0.497 e. The second kappa shape index (κ2) is 22.0. The van der Waals surface area contributed by atoms with Crippen LogP contribution >= 0.6 is 0 Å². The summed E-state index contributed by atoms with van der Waals surface area (Å²) in [4.78, 5) is 79.4. The number of hydrogen-bond acceptors (Lipinski definition) is 17. The Kier molecular flexibility index (Phi) is 13.8. The zero-order chi connectivity index (χ0) is 55.8. The minimum Gasteiger partial charge on any atom is -0.497 e. The maximum atomic E-state index is 13.0. The van der Waals surface area contributed by atoms with E-state index in [0.29, 0.717) is 49.6 Å². The Bertz CT molecular complexity index is 4460. The molecule has 23 heteroatoms. The summed E-state index contributed by atoms with van der Waals surface area (Å²) in [7, 11) is 3.75. The predicted octanol–water partition coefficient (Wildman–Crippen LogP) is 5.31. The van der Waals surface area contributed by atoms with Crippen LogP contribution in [0.5, 0.6) is 5.75 Å². The topological polar surface area (TPSA) is 258 Å². The summed E-state index contributed by atoms with van der Waals surface area (Å²) >= 11 is 0. The summed E-state index contributed by atoms with van der Waals surface area (Å²) in [6.45, 7) is 9.25. The number of benzene rings is 2. The molecule has 5 N–H and O–H groups in total. The lowest BCUT2D eigenvalue weighted by molar-refractivity contribution is 0.145. The molecule has 23 nitrogen and oxygen atoms in total. The SMILES string of the molecule is COc1ccc(-n2[nH]c3c(cnc4ccc(N5CCN(C)CC5)nc43)c2=O)cc1.O=c1c2cnc3cc(N4CCNCC4)cnc3c2[nH]n1-c1ccccc1.O=c1c2cnc3ccc(N4CCC(O)CC4)nc3c2[nH]n1-c1ccccn1. The van der Waals surface area contributed by atoms with E-state index in [2.05, 4.69) is 72.2 Å². The molecule has 0 saturated carbocycles. The Hall–Kier alpha value is -9.84. The summed E-state index contributed by atoms with van der Waals surface area (Å²) in [5.41, 5.74) is 8.54. The second-order valence-corrected chi connectivity index (χ2v) is 20.5. The molecule has 3 aliphatic heterocycles. The number of aliphatic hydroxyl groups is 1. The van der Waals surface area contributed by atoms with Crippen molar-refractivity contribution < 1.29 is 9.84 Å². The maximum Gasteiger partial charge on any atom is 0.282 e. The van der Waals surface area contributed by atoms with Gasteiger partial charge in [0.15, 0.2) is 5.82 Å². The van der Waals surface area contributed by atoms with Gasteiger partial charge in [0.1, 0.15) is 33.9 Å². The number of ether oxygens (including phenoxy) is 1. The van der Waals surface area contributed by atoms with E-state index in [1.807, 2.05) is 97.2 Å². The van der Waals surface area contributed by atoms with Crippen LogP contribution in [0.1, 0.15) is 12.8 Å². The van der Waals surface area contributed by atoms with Gasteiger partial charge in [-0.25, -0.2) is 29.0 Å². The van der Waals surface area contributed by atoms with E-state index in [9.17, 15) is 19.5 Å². The number of piperidine rings is 1.